The molecule has 250 valence electrons. The van der Waals surface area contributed by atoms with E-state index in [0.29, 0.717) is 0 Å². The summed E-state index contributed by atoms with van der Waals surface area (Å²) in [4.78, 5) is 82.5. The predicted octanol–water partition coefficient (Wildman–Crippen LogP) is 5.76. The third kappa shape index (κ3) is 4.86. The van der Waals surface area contributed by atoms with E-state index in [1.165, 1.54) is 72.8 Å². The van der Waals surface area contributed by atoms with Crippen molar-refractivity contribution in [1.29, 1.82) is 0 Å². The third-order valence-corrected chi connectivity index (χ3v) is 8.51. The fourth-order valence-electron chi connectivity index (χ4n) is 6.39. The van der Waals surface area contributed by atoms with Gasteiger partial charge in [-0.25, -0.2) is 9.97 Å². The Bertz CT molecular complexity index is 2820. The monoisotopic (exact) mass is 756 g/mol. The molecule has 7 aromatic rings. The number of nitrogens with zero attached hydrogens (tertiary/aromatic N) is 12. The van der Waals surface area contributed by atoms with Crippen LogP contribution in [0.3, 0.4) is 0 Å². The van der Waals surface area contributed by atoms with Crippen LogP contribution in [0, 0.1) is 40.5 Å². The van der Waals surface area contributed by atoms with Gasteiger partial charge in [-0.05, 0) is 0 Å². The molecule has 3 aromatic heterocycles. The first kappa shape index (κ1) is 32.7. The topological polar surface area (TPSA) is 278 Å². The molecular formula is C32H12N12O8Zn. The Hall–Kier alpha value is -7.54. The SMILES string of the molecule is O=[N+]([O-])c1cccc2c1-c1nc-2nc2[n-]c(nc3nc(nc4[n-]c(n1)c1cccc([N+](=O)[O-])c41)-c1cccc([N+](=O)[O-])c1-3)c1cccc([N+](=O)[O-])c21.[Zn+2]. The number of fused-ring (bicyclic) bond motifs is 20. The van der Waals surface area contributed by atoms with Crippen molar-refractivity contribution < 1.29 is 39.2 Å². The molecule has 0 saturated carbocycles. The number of hydrogen-bond donors (Lipinski definition) is 0. The van der Waals surface area contributed by atoms with Crippen LogP contribution in [0.1, 0.15) is 0 Å². The number of aromatic nitrogens is 8. The molecule has 0 amide bonds. The average Bonchev–Trinajstić information content (AvgIpc) is 3.86. The van der Waals surface area contributed by atoms with Crippen LogP contribution >= 0.6 is 0 Å². The number of nitro benzene ring substituents is 4. The quantitative estimate of drug-likeness (QED) is 0.117. The molecule has 0 fully saturated rings. The summed E-state index contributed by atoms with van der Waals surface area (Å²) in [5.74, 6) is -0.739. The standard InChI is InChI=1S/C32H12N12O8.Zn/c45-41(46)17-9-1-5-13-21(17)29-33-25(13)37-30-22-14(6-2-10-18(22)42(47)48)27(34-30)39-32-24-16(8-4-12-20(24)44(51)52)28(36-32)40-31-23-15(26(35-31)38-29)7-3-11-19(23)43(49)50;/h1-12H;/q-2;+2. The summed E-state index contributed by atoms with van der Waals surface area (Å²) in [6, 6.07) is 16.5. The van der Waals surface area contributed by atoms with Crippen molar-refractivity contribution in [1.82, 2.24) is 39.9 Å². The van der Waals surface area contributed by atoms with Gasteiger partial charge < -0.3 is 29.9 Å². The summed E-state index contributed by atoms with van der Waals surface area (Å²) in [5, 5.41) is 49.1. The van der Waals surface area contributed by atoms with E-state index in [9.17, 15) is 40.5 Å². The molecule has 9 rings (SSSR count). The van der Waals surface area contributed by atoms with Crippen molar-refractivity contribution in [3.63, 3.8) is 0 Å². The summed E-state index contributed by atoms with van der Waals surface area (Å²) in [5.41, 5.74) is -2.12. The molecule has 2 aliphatic rings. The van der Waals surface area contributed by atoms with Gasteiger partial charge in [0.2, 0.25) is 0 Å². The zero-order chi connectivity index (χ0) is 36.0. The second-order valence-corrected chi connectivity index (χ2v) is 11.3. The first-order chi connectivity index (χ1) is 25.1. The van der Waals surface area contributed by atoms with Gasteiger partial charge in [0.25, 0.3) is 22.7 Å². The van der Waals surface area contributed by atoms with Crippen molar-refractivity contribution in [3.05, 3.63) is 113 Å². The average molecular weight is 758 g/mol. The van der Waals surface area contributed by atoms with E-state index in [2.05, 4.69) is 39.9 Å². The Morgan fingerprint density at radius 3 is 1.13 bits per heavy atom. The number of rotatable bonds is 4. The molecule has 8 bridgehead atoms. The molecule has 2 aliphatic heterocycles. The number of non-ortho nitro benzene ring substituents is 2. The fourth-order valence-corrected chi connectivity index (χ4v) is 6.39. The van der Waals surface area contributed by atoms with E-state index in [0.717, 1.165) is 0 Å². The normalized spacial score (nSPS) is 11.5. The third-order valence-electron chi connectivity index (χ3n) is 8.51. The maximum Gasteiger partial charge on any atom is 2.00 e. The maximum atomic E-state index is 12.2. The molecule has 53 heavy (non-hydrogen) atoms. The van der Waals surface area contributed by atoms with Gasteiger partial charge in [0.1, 0.15) is 0 Å². The first-order valence-corrected chi connectivity index (χ1v) is 14.9. The van der Waals surface area contributed by atoms with Gasteiger partial charge in [-0.1, -0.05) is 48.5 Å². The summed E-state index contributed by atoms with van der Waals surface area (Å²) in [6.45, 7) is 0. The summed E-state index contributed by atoms with van der Waals surface area (Å²) >= 11 is 0. The summed E-state index contributed by atoms with van der Waals surface area (Å²) in [6.07, 6.45) is 0. The molecule has 5 heterocycles. The Balaban J connectivity index is 0.00000400. The van der Waals surface area contributed by atoms with Gasteiger partial charge in [0, 0.05) is 68.8 Å². The van der Waals surface area contributed by atoms with E-state index < -0.39 is 42.4 Å². The van der Waals surface area contributed by atoms with Crippen molar-refractivity contribution in [3.8, 4) is 45.6 Å². The Morgan fingerprint density at radius 2 is 0.755 bits per heavy atom. The van der Waals surface area contributed by atoms with Crippen molar-refractivity contribution in [2.24, 2.45) is 0 Å². The fraction of sp³-hybridized carbons (Fsp3) is 0. The smallest absolute Gasteiger partial charge is 0.357 e. The zero-order valence-corrected chi connectivity index (χ0v) is 29.2. The van der Waals surface area contributed by atoms with Gasteiger partial charge in [-0.2, -0.15) is 0 Å². The molecular weight excluding hydrogens is 746 g/mol. The second kappa shape index (κ2) is 11.8. The predicted molar refractivity (Wildman–Crippen MR) is 181 cm³/mol. The number of hydrogen-bond acceptors (Lipinski definition) is 14. The van der Waals surface area contributed by atoms with Gasteiger partial charge >= 0.3 is 19.5 Å². The minimum Gasteiger partial charge on any atom is -0.357 e. The largest absolute Gasteiger partial charge is 2.00 e. The van der Waals surface area contributed by atoms with Crippen LogP contribution in [0.25, 0.3) is 89.7 Å². The van der Waals surface area contributed by atoms with E-state index >= 15 is 0 Å². The first-order valence-electron chi connectivity index (χ1n) is 14.9. The maximum absolute atomic E-state index is 12.2. The molecule has 4 aromatic carbocycles. The zero-order valence-electron chi connectivity index (χ0n) is 26.3. The molecule has 0 spiro atoms. The van der Waals surface area contributed by atoms with Gasteiger partial charge in [-0.3, -0.25) is 40.5 Å². The second-order valence-electron chi connectivity index (χ2n) is 11.3. The molecule has 0 N–H and O–H groups in total. The van der Waals surface area contributed by atoms with Crippen molar-refractivity contribution >= 4 is 66.9 Å². The van der Waals surface area contributed by atoms with Crippen LogP contribution in [0.2, 0.25) is 0 Å². The van der Waals surface area contributed by atoms with Crippen LogP contribution in [-0.4, -0.2) is 49.6 Å². The van der Waals surface area contributed by atoms with Crippen LogP contribution in [0.4, 0.5) is 22.7 Å². The van der Waals surface area contributed by atoms with E-state index in [1.54, 1.807) is 0 Å². The van der Waals surface area contributed by atoms with Gasteiger partial charge in [0.15, 0.2) is 0 Å². The Labute approximate surface area is 304 Å². The molecule has 0 aliphatic carbocycles. The van der Waals surface area contributed by atoms with Crippen LogP contribution in [-0.2, 0) is 19.5 Å². The van der Waals surface area contributed by atoms with Crippen LogP contribution < -0.4 is 9.97 Å². The number of nitro groups is 4. The molecule has 0 radical (unpaired) electrons. The van der Waals surface area contributed by atoms with Crippen LogP contribution in [0.15, 0.2) is 72.8 Å². The van der Waals surface area contributed by atoms with E-state index in [4.69, 9.17) is 0 Å². The molecule has 0 atom stereocenters. The summed E-state index contributed by atoms with van der Waals surface area (Å²) < 4.78 is 0. The minimum absolute atomic E-state index is 0. The molecule has 21 heteroatoms. The minimum atomic E-state index is -0.641. The van der Waals surface area contributed by atoms with Crippen molar-refractivity contribution in [2.45, 2.75) is 0 Å². The molecule has 20 nitrogen and oxygen atoms in total. The van der Waals surface area contributed by atoms with Gasteiger partial charge in [-0.15, -0.1) is 0 Å². The number of benzene rings is 4. The Morgan fingerprint density at radius 1 is 0.415 bits per heavy atom. The molecule has 0 saturated heterocycles. The summed E-state index contributed by atoms with van der Waals surface area (Å²) in [7, 11) is 0. The van der Waals surface area contributed by atoms with Gasteiger partial charge in [0.05, 0.1) is 64.9 Å². The van der Waals surface area contributed by atoms with E-state index in [1.807, 2.05) is 0 Å². The molecule has 0 unspecified atom stereocenters. The Kier molecular flexibility index (Phi) is 7.25. The van der Waals surface area contributed by atoms with E-state index in [-0.39, 0.29) is 109 Å². The van der Waals surface area contributed by atoms with Crippen LogP contribution in [0.5, 0.6) is 0 Å². The van der Waals surface area contributed by atoms with Crippen molar-refractivity contribution in [2.75, 3.05) is 0 Å².